The molecule has 0 atom stereocenters. The molecule has 8 heteroatoms. The SMILES string of the molecule is COC(=O)c1cc(S(=O)(=O)Cc2cc(C(C)(C)C)cc(C(C)(C)C)c2)cc(S(=O)(=O)Cc2cc(C(C)(C)C)cc(C(C)(C)C)c2)c1. The first-order valence-corrected chi connectivity index (χ1v) is 18.9. The normalized spacial score (nSPS) is 13.5. The van der Waals surface area contributed by atoms with Crippen LogP contribution >= 0.6 is 0 Å². The van der Waals surface area contributed by atoms with Crippen molar-refractivity contribution >= 4 is 25.6 Å². The van der Waals surface area contributed by atoms with E-state index in [9.17, 15) is 21.6 Å². The molecule has 0 fully saturated rings. The Bertz CT molecular complexity index is 1650. The maximum absolute atomic E-state index is 14.0. The van der Waals surface area contributed by atoms with E-state index < -0.39 is 25.6 Å². The fourth-order valence-corrected chi connectivity index (χ4v) is 7.90. The van der Waals surface area contributed by atoms with E-state index in [1.165, 1.54) is 25.3 Å². The molecule has 0 aliphatic heterocycles. The van der Waals surface area contributed by atoms with Crippen LogP contribution in [0.3, 0.4) is 0 Å². The van der Waals surface area contributed by atoms with Gasteiger partial charge in [0.25, 0.3) is 0 Å². The molecule has 0 amide bonds. The van der Waals surface area contributed by atoms with Gasteiger partial charge in [-0.1, -0.05) is 119 Å². The lowest BCUT2D eigenvalue weighted by atomic mass is 9.80. The molecule has 3 aromatic rings. The van der Waals surface area contributed by atoms with Crippen LogP contribution in [0.5, 0.6) is 0 Å². The van der Waals surface area contributed by atoms with E-state index in [4.69, 9.17) is 4.74 Å². The number of esters is 1. The molecule has 0 heterocycles. The summed E-state index contributed by atoms with van der Waals surface area (Å²) in [7, 11) is -6.99. The summed E-state index contributed by atoms with van der Waals surface area (Å²) in [6.07, 6.45) is 0. The molecule has 0 aliphatic carbocycles. The molecule has 3 rings (SSSR count). The Morgan fingerprint density at radius 3 is 1.02 bits per heavy atom. The number of rotatable bonds is 7. The molecule has 3 aromatic carbocycles. The third kappa shape index (κ3) is 9.09. The molecule has 0 aromatic heterocycles. The molecule has 6 nitrogen and oxygen atoms in total. The van der Waals surface area contributed by atoms with Gasteiger partial charge < -0.3 is 4.74 Å². The lowest BCUT2D eigenvalue weighted by Crippen LogP contribution is -2.18. The first kappa shape index (κ1) is 37.5. The first-order valence-electron chi connectivity index (χ1n) is 15.6. The van der Waals surface area contributed by atoms with Gasteiger partial charge in [0.1, 0.15) is 0 Å². The summed E-state index contributed by atoms with van der Waals surface area (Å²) < 4.78 is 60.8. The molecule has 0 unspecified atom stereocenters. The molecular weight excluding hydrogens is 617 g/mol. The van der Waals surface area contributed by atoms with Crippen LogP contribution in [0.25, 0.3) is 0 Å². The Morgan fingerprint density at radius 2 is 0.783 bits per heavy atom. The quantitative estimate of drug-likeness (QED) is 0.234. The van der Waals surface area contributed by atoms with E-state index in [0.717, 1.165) is 22.3 Å². The van der Waals surface area contributed by atoms with Crippen LogP contribution in [0.15, 0.2) is 64.4 Å². The summed E-state index contributed by atoms with van der Waals surface area (Å²) in [6.45, 7) is 24.9. The minimum atomic E-state index is -4.08. The number of methoxy groups -OCH3 is 1. The molecule has 46 heavy (non-hydrogen) atoms. The number of ether oxygens (including phenoxy) is 1. The van der Waals surface area contributed by atoms with Gasteiger partial charge in [0, 0.05) is 0 Å². The zero-order valence-electron chi connectivity index (χ0n) is 29.9. The molecule has 0 saturated heterocycles. The fraction of sp³-hybridized carbons (Fsp3) is 0.500. The lowest BCUT2D eigenvalue weighted by molar-refractivity contribution is 0.0600. The number of hydrogen-bond acceptors (Lipinski definition) is 6. The first-order chi connectivity index (χ1) is 20.6. The zero-order chi connectivity index (χ0) is 35.3. The topological polar surface area (TPSA) is 94.6 Å². The second-order valence-electron chi connectivity index (χ2n) is 16.5. The Morgan fingerprint density at radius 1 is 0.500 bits per heavy atom. The van der Waals surface area contributed by atoms with Crippen molar-refractivity contribution in [2.24, 2.45) is 0 Å². The Hall–Kier alpha value is -2.97. The predicted octanol–water partition coefficient (Wildman–Crippen LogP) is 8.61. The Balaban J connectivity index is 2.18. The van der Waals surface area contributed by atoms with Crippen molar-refractivity contribution in [2.45, 2.75) is 126 Å². The van der Waals surface area contributed by atoms with Gasteiger partial charge in [-0.25, -0.2) is 21.6 Å². The third-order valence-electron chi connectivity index (χ3n) is 8.18. The van der Waals surface area contributed by atoms with Crippen molar-refractivity contribution in [1.82, 2.24) is 0 Å². The van der Waals surface area contributed by atoms with Gasteiger partial charge in [0.15, 0.2) is 19.7 Å². The second kappa shape index (κ2) is 12.6. The highest BCUT2D eigenvalue weighted by molar-refractivity contribution is 7.91. The largest absolute Gasteiger partial charge is 0.465 e. The highest BCUT2D eigenvalue weighted by Gasteiger charge is 2.28. The predicted molar refractivity (Wildman–Crippen MR) is 187 cm³/mol. The molecule has 0 saturated carbocycles. The average Bonchev–Trinajstić information content (AvgIpc) is 2.89. The van der Waals surface area contributed by atoms with Crippen molar-refractivity contribution in [3.63, 3.8) is 0 Å². The molecule has 0 bridgehead atoms. The molecule has 252 valence electrons. The smallest absolute Gasteiger partial charge is 0.337 e. The van der Waals surface area contributed by atoms with Crippen LogP contribution in [-0.2, 0) is 57.6 Å². The van der Waals surface area contributed by atoms with Crippen LogP contribution < -0.4 is 0 Å². The number of benzene rings is 3. The number of carbonyl (C=O) groups excluding carboxylic acids is 1. The van der Waals surface area contributed by atoms with Crippen LogP contribution in [0.1, 0.15) is 127 Å². The van der Waals surface area contributed by atoms with E-state index in [2.05, 4.69) is 95.2 Å². The van der Waals surface area contributed by atoms with Gasteiger partial charge in [-0.2, -0.15) is 0 Å². The second-order valence-corrected chi connectivity index (χ2v) is 20.5. The summed E-state index contributed by atoms with van der Waals surface area (Å²) in [5.74, 6) is -1.53. The number of sulfone groups is 2. The highest BCUT2D eigenvalue weighted by atomic mass is 32.2. The van der Waals surface area contributed by atoms with Gasteiger partial charge in [-0.05, 0) is 73.2 Å². The van der Waals surface area contributed by atoms with Gasteiger partial charge in [0.2, 0.25) is 0 Å². The van der Waals surface area contributed by atoms with E-state index >= 15 is 0 Å². The van der Waals surface area contributed by atoms with Gasteiger partial charge in [0.05, 0.1) is 34.0 Å². The average molecular weight is 669 g/mol. The van der Waals surface area contributed by atoms with Gasteiger partial charge in [-0.15, -0.1) is 0 Å². The van der Waals surface area contributed by atoms with Crippen molar-refractivity contribution in [3.8, 4) is 0 Å². The lowest BCUT2D eigenvalue weighted by Gasteiger charge is -2.26. The minimum absolute atomic E-state index is 0.139. The van der Waals surface area contributed by atoms with Crippen molar-refractivity contribution in [3.05, 3.63) is 93.5 Å². The van der Waals surface area contributed by atoms with Crippen LogP contribution in [0.4, 0.5) is 0 Å². The van der Waals surface area contributed by atoms with Crippen LogP contribution in [-0.4, -0.2) is 29.9 Å². The van der Waals surface area contributed by atoms with E-state index in [0.29, 0.717) is 11.1 Å². The summed E-state index contributed by atoms with van der Waals surface area (Å²) in [5.41, 5.74) is 4.19. The van der Waals surface area contributed by atoms with Crippen LogP contribution in [0, 0.1) is 0 Å². The number of hydrogen-bond donors (Lipinski definition) is 0. The molecule has 0 N–H and O–H groups in total. The van der Waals surface area contributed by atoms with E-state index in [1.807, 2.05) is 24.3 Å². The van der Waals surface area contributed by atoms with E-state index in [1.54, 1.807) is 0 Å². The maximum atomic E-state index is 14.0. The maximum Gasteiger partial charge on any atom is 0.337 e. The summed E-state index contributed by atoms with van der Waals surface area (Å²) in [4.78, 5) is 12.2. The number of carbonyl (C=O) groups is 1. The molecular formula is C38H52O6S2. The standard InChI is InChI=1S/C38H52O6S2/c1-35(2,3)28-14-25(15-29(20-28)36(4,5)6)23-45(40,41)32-18-27(34(39)44-13)19-33(22-32)46(42,43)24-26-16-30(37(7,8)9)21-31(17-26)38(10,11)12/h14-22H,23-24H2,1-13H3. The summed E-state index contributed by atoms with van der Waals surface area (Å²) in [6, 6.07) is 15.4. The summed E-state index contributed by atoms with van der Waals surface area (Å²) in [5, 5.41) is 0. The van der Waals surface area contributed by atoms with Gasteiger partial charge >= 0.3 is 5.97 Å². The minimum Gasteiger partial charge on any atom is -0.465 e. The Kier molecular flexibility index (Phi) is 10.2. The van der Waals surface area contributed by atoms with Crippen molar-refractivity contribution in [1.29, 1.82) is 0 Å². The third-order valence-corrected chi connectivity index (χ3v) is 11.5. The monoisotopic (exact) mass is 668 g/mol. The van der Waals surface area contributed by atoms with Crippen molar-refractivity contribution in [2.75, 3.05) is 7.11 Å². The summed E-state index contributed by atoms with van der Waals surface area (Å²) >= 11 is 0. The highest BCUT2D eigenvalue weighted by Crippen LogP contribution is 2.34. The molecule has 0 spiro atoms. The zero-order valence-corrected chi connectivity index (χ0v) is 31.5. The fourth-order valence-electron chi connectivity index (χ4n) is 5.05. The molecule has 0 aliphatic rings. The van der Waals surface area contributed by atoms with E-state index in [-0.39, 0.29) is 48.5 Å². The van der Waals surface area contributed by atoms with Gasteiger partial charge in [-0.3, -0.25) is 0 Å². The van der Waals surface area contributed by atoms with Crippen LogP contribution in [0.2, 0.25) is 0 Å². The Labute approximate surface area is 277 Å². The van der Waals surface area contributed by atoms with Crippen molar-refractivity contribution < 1.29 is 26.4 Å². The molecule has 0 radical (unpaired) electrons.